The number of hydrogen-bond acceptors (Lipinski definition) is 3. The van der Waals surface area contributed by atoms with Gasteiger partial charge in [-0.1, -0.05) is 6.07 Å². The molecule has 5 nitrogen and oxygen atoms in total. The van der Waals surface area contributed by atoms with E-state index in [1.165, 1.54) is 11.1 Å². The molecule has 0 saturated carbocycles. The maximum atomic E-state index is 11.8. The van der Waals surface area contributed by atoms with E-state index in [0.717, 1.165) is 11.4 Å². The molecule has 1 heterocycles. The average Bonchev–Trinajstić information content (AvgIpc) is 2.79. The highest BCUT2D eigenvalue weighted by molar-refractivity contribution is 5.78. The Hall–Kier alpha value is -2.30. The van der Waals surface area contributed by atoms with Gasteiger partial charge in [-0.15, -0.1) is 0 Å². The van der Waals surface area contributed by atoms with Gasteiger partial charge in [-0.25, -0.2) is 4.98 Å². The third-order valence-corrected chi connectivity index (χ3v) is 3.15. The molecule has 21 heavy (non-hydrogen) atoms. The van der Waals surface area contributed by atoms with Crippen molar-refractivity contribution in [1.82, 2.24) is 14.9 Å². The summed E-state index contributed by atoms with van der Waals surface area (Å²) in [5.74, 6) is 0.816. The predicted octanol–water partition coefficient (Wildman–Crippen LogP) is 1.77. The molecule has 0 spiro atoms. The summed E-state index contributed by atoms with van der Waals surface area (Å²) in [6.45, 7) is 5.02. The Morgan fingerprint density at radius 2 is 2.00 bits per heavy atom. The number of aryl methyl sites for hydroxylation is 3. The van der Waals surface area contributed by atoms with Crippen LogP contribution >= 0.6 is 0 Å². The van der Waals surface area contributed by atoms with E-state index in [-0.39, 0.29) is 5.91 Å². The average molecular weight is 287 g/mol. The van der Waals surface area contributed by atoms with Gasteiger partial charge in [0.25, 0.3) is 0 Å². The summed E-state index contributed by atoms with van der Waals surface area (Å²) in [6.07, 6.45) is 3.72. The van der Waals surface area contributed by atoms with Gasteiger partial charge in [-0.05, 0) is 37.1 Å². The third-order valence-electron chi connectivity index (χ3n) is 3.15. The fourth-order valence-corrected chi connectivity index (χ4v) is 2.16. The van der Waals surface area contributed by atoms with Crippen molar-refractivity contribution < 1.29 is 9.53 Å². The summed E-state index contributed by atoms with van der Waals surface area (Å²) in [5, 5.41) is 2.84. The van der Waals surface area contributed by atoms with Gasteiger partial charge in [0.15, 0.2) is 0 Å². The number of benzene rings is 1. The van der Waals surface area contributed by atoms with Crippen LogP contribution in [0.3, 0.4) is 0 Å². The van der Waals surface area contributed by atoms with Crippen molar-refractivity contribution >= 4 is 5.91 Å². The van der Waals surface area contributed by atoms with Crippen molar-refractivity contribution in [1.29, 1.82) is 0 Å². The molecule has 0 aliphatic heterocycles. The Kier molecular flexibility index (Phi) is 4.98. The second-order valence-electron chi connectivity index (χ2n) is 5.19. The Bertz CT molecular complexity index is 599. The Labute approximate surface area is 125 Å². The number of ether oxygens (including phenoxy) is 1. The molecule has 0 unspecified atom stereocenters. The lowest BCUT2D eigenvalue weighted by Crippen LogP contribution is -2.29. The molecule has 1 N–H and O–H groups in total. The first kappa shape index (κ1) is 15.1. The van der Waals surface area contributed by atoms with Crippen LogP contribution in [0.5, 0.6) is 5.75 Å². The van der Waals surface area contributed by atoms with E-state index in [1.54, 1.807) is 12.5 Å². The van der Waals surface area contributed by atoms with Crippen LogP contribution in [0, 0.1) is 13.8 Å². The highest BCUT2D eigenvalue weighted by atomic mass is 16.5. The summed E-state index contributed by atoms with van der Waals surface area (Å²) in [6, 6.07) is 6.08. The van der Waals surface area contributed by atoms with Gasteiger partial charge in [0.1, 0.15) is 12.4 Å². The van der Waals surface area contributed by atoms with E-state index >= 15 is 0 Å². The van der Waals surface area contributed by atoms with Gasteiger partial charge in [-0.3, -0.25) is 4.79 Å². The van der Waals surface area contributed by atoms with Crippen LogP contribution < -0.4 is 10.1 Å². The van der Waals surface area contributed by atoms with Gasteiger partial charge in [0, 0.05) is 18.9 Å². The van der Waals surface area contributed by atoms with E-state index in [4.69, 9.17) is 4.74 Å². The number of carbonyl (C=O) groups excluding carboxylic acids is 1. The standard InChI is InChI=1S/C16H21N3O2/c1-12-6-13(2)8-15(7-12)21-5-4-18-16(20)9-14-10-17-11-19(14)3/h6-8,10-11H,4-5,9H2,1-3H3,(H,18,20). The second-order valence-corrected chi connectivity index (χ2v) is 5.19. The molecule has 1 aromatic carbocycles. The maximum absolute atomic E-state index is 11.8. The van der Waals surface area contributed by atoms with Crippen molar-refractivity contribution in [2.24, 2.45) is 7.05 Å². The van der Waals surface area contributed by atoms with Gasteiger partial charge in [0.05, 0.1) is 19.3 Å². The fourth-order valence-electron chi connectivity index (χ4n) is 2.16. The molecule has 1 amide bonds. The molecule has 5 heteroatoms. The molecule has 0 aliphatic rings. The smallest absolute Gasteiger partial charge is 0.226 e. The van der Waals surface area contributed by atoms with E-state index in [0.29, 0.717) is 19.6 Å². The molecule has 0 radical (unpaired) electrons. The van der Waals surface area contributed by atoms with Crippen LogP contribution in [0.15, 0.2) is 30.7 Å². The SMILES string of the molecule is Cc1cc(C)cc(OCCNC(=O)Cc2cncn2C)c1. The molecule has 112 valence electrons. The van der Waals surface area contributed by atoms with Gasteiger partial charge < -0.3 is 14.6 Å². The van der Waals surface area contributed by atoms with E-state index in [9.17, 15) is 4.79 Å². The van der Waals surface area contributed by atoms with E-state index < -0.39 is 0 Å². The third kappa shape index (κ3) is 4.63. The van der Waals surface area contributed by atoms with Crippen LogP contribution in [0.4, 0.5) is 0 Å². The number of nitrogens with one attached hydrogen (secondary N) is 1. The minimum Gasteiger partial charge on any atom is -0.492 e. The number of aromatic nitrogens is 2. The topological polar surface area (TPSA) is 56.1 Å². The van der Waals surface area contributed by atoms with Crippen molar-refractivity contribution in [2.45, 2.75) is 20.3 Å². The van der Waals surface area contributed by atoms with Crippen molar-refractivity contribution in [2.75, 3.05) is 13.2 Å². The number of carbonyl (C=O) groups is 1. The molecular formula is C16H21N3O2. The van der Waals surface area contributed by atoms with Crippen LogP contribution in [0.25, 0.3) is 0 Å². The van der Waals surface area contributed by atoms with Crippen LogP contribution in [0.2, 0.25) is 0 Å². The maximum Gasteiger partial charge on any atom is 0.226 e. The zero-order valence-electron chi connectivity index (χ0n) is 12.7. The molecule has 0 bridgehead atoms. The highest BCUT2D eigenvalue weighted by Crippen LogP contribution is 2.15. The van der Waals surface area contributed by atoms with Crippen LogP contribution in [-0.2, 0) is 18.3 Å². The summed E-state index contributed by atoms with van der Waals surface area (Å²) >= 11 is 0. The molecule has 1 aromatic heterocycles. The van der Waals surface area contributed by atoms with Gasteiger partial charge in [-0.2, -0.15) is 0 Å². The van der Waals surface area contributed by atoms with E-state index in [2.05, 4.69) is 16.4 Å². The second kappa shape index (κ2) is 6.92. The number of hydrogen-bond donors (Lipinski definition) is 1. The number of amides is 1. The molecule has 2 aromatic rings. The first-order valence-corrected chi connectivity index (χ1v) is 6.97. The van der Waals surface area contributed by atoms with Crippen LogP contribution in [-0.4, -0.2) is 28.6 Å². The van der Waals surface area contributed by atoms with Crippen LogP contribution in [0.1, 0.15) is 16.8 Å². The largest absolute Gasteiger partial charge is 0.492 e. The molecule has 0 saturated heterocycles. The first-order chi connectivity index (χ1) is 10.0. The fraction of sp³-hybridized carbons (Fsp3) is 0.375. The van der Waals surface area contributed by atoms with Gasteiger partial charge >= 0.3 is 0 Å². The molecule has 0 aliphatic carbocycles. The highest BCUT2D eigenvalue weighted by Gasteiger charge is 2.06. The lowest BCUT2D eigenvalue weighted by molar-refractivity contribution is -0.120. The molecule has 0 fully saturated rings. The van der Waals surface area contributed by atoms with E-state index in [1.807, 2.05) is 37.6 Å². The molecular weight excluding hydrogens is 266 g/mol. The zero-order chi connectivity index (χ0) is 15.2. The number of rotatable bonds is 6. The summed E-state index contributed by atoms with van der Waals surface area (Å²) < 4.78 is 7.48. The Morgan fingerprint density at radius 3 is 2.62 bits per heavy atom. The summed E-state index contributed by atoms with van der Waals surface area (Å²) in [7, 11) is 1.87. The lowest BCUT2D eigenvalue weighted by atomic mass is 10.1. The Morgan fingerprint density at radius 1 is 1.29 bits per heavy atom. The molecule has 0 atom stereocenters. The number of nitrogens with zero attached hydrogens (tertiary/aromatic N) is 2. The van der Waals surface area contributed by atoms with Crippen molar-refractivity contribution in [3.05, 3.63) is 47.5 Å². The van der Waals surface area contributed by atoms with Gasteiger partial charge in [0.2, 0.25) is 5.91 Å². The summed E-state index contributed by atoms with van der Waals surface area (Å²) in [4.78, 5) is 15.8. The first-order valence-electron chi connectivity index (χ1n) is 6.97. The minimum absolute atomic E-state index is 0.0253. The Balaban J connectivity index is 1.72. The van der Waals surface area contributed by atoms with Crippen molar-refractivity contribution in [3.8, 4) is 5.75 Å². The normalized spacial score (nSPS) is 10.4. The summed E-state index contributed by atoms with van der Waals surface area (Å²) in [5.41, 5.74) is 3.23. The lowest BCUT2D eigenvalue weighted by Gasteiger charge is -2.09. The quantitative estimate of drug-likeness (QED) is 0.824. The monoisotopic (exact) mass is 287 g/mol. The number of imidazole rings is 1. The van der Waals surface area contributed by atoms with Crippen molar-refractivity contribution in [3.63, 3.8) is 0 Å². The predicted molar refractivity (Wildman–Crippen MR) is 81.3 cm³/mol. The minimum atomic E-state index is -0.0253. The zero-order valence-corrected chi connectivity index (χ0v) is 12.7. The molecule has 2 rings (SSSR count).